The number of fused-ring (bicyclic) bond motifs is 2. The minimum absolute atomic E-state index is 0.172. The van der Waals surface area contributed by atoms with Gasteiger partial charge < -0.3 is 10.2 Å². The molecule has 0 aromatic rings. The summed E-state index contributed by atoms with van der Waals surface area (Å²) in [6, 6.07) is 0. The molecule has 0 spiro atoms. The maximum absolute atomic E-state index is 10.0. The Morgan fingerprint density at radius 1 is 0.614 bits per heavy atom. The van der Waals surface area contributed by atoms with Crippen LogP contribution in [-0.2, 0) is 0 Å². The fourth-order valence-electron chi connectivity index (χ4n) is 12.9. The lowest BCUT2D eigenvalue weighted by atomic mass is 9.60. The molecule has 0 aromatic carbocycles. The van der Waals surface area contributed by atoms with Crippen molar-refractivity contribution in [3.8, 4) is 0 Å². The molecule has 6 saturated carbocycles. The van der Waals surface area contributed by atoms with Crippen molar-refractivity contribution in [3.05, 3.63) is 83.1 Å². The summed E-state index contributed by atoms with van der Waals surface area (Å²) in [7, 11) is 0. The quantitative estimate of drug-likeness (QED) is 0.205. The molecule has 2 nitrogen and oxygen atoms in total. The largest absolute Gasteiger partial charge is 0.393 e. The van der Waals surface area contributed by atoms with Crippen molar-refractivity contribution in [1.82, 2.24) is 0 Å². The van der Waals surface area contributed by atoms with Gasteiger partial charge in [-0.25, -0.2) is 0 Å². The first kappa shape index (κ1) is 46.2. The number of aliphatic hydroxyl groups excluding tert-OH is 2. The molecule has 0 bridgehead atoms. The van der Waals surface area contributed by atoms with Crippen LogP contribution in [0.5, 0.6) is 0 Å². The van der Waals surface area contributed by atoms with Gasteiger partial charge in [0, 0.05) is 0 Å². The average Bonchev–Trinajstić information content (AvgIpc) is 3.71. The van der Waals surface area contributed by atoms with Gasteiger partial charge in [-0.05, 0) is 178 Å². The van der Waals surface area contributed by atoms with Crippen LogP contribution >= 0.6 is 0 Å². The van der Waals surface area contributed by atoms with Gasteiger partial charge in [-0.3, -0.25) is 0 Å². The third kappa shape index (κ3) is 11.5. The summed E-state index contributed by atoms with van der Waals surface area (Å²) in [6.45, 7) is 30.3. The lowest BCUT2D eigenvalue weighted by Gasteiger charge is -2.44. The summed E-state index contributed by atoms with van der Waals surface area (Å²) < 4.78 is 0. The van der Waals surface area contributed by atoms with Gasteiger partial charge in [0.2, 0.25) is 0 Å². The second-order valence-corrected chi connectivity index (χ2v) is 21.7. The minimum atomic E-state index is -0.182. The molecule has 320 valence electrons. The lowest BCUT2D eigenvalue weighted by Crippen LogP contribution is -2.36. The van der Waals surface area contributed by atoms with Crippen molar-refractivity contribution >= 4 is 0 Å². The smallest absolute Gasteiger partial charge is 0.0583 e. The fraction of sp³-hybridized carbons (Fsp3) is 0.745. The Labute approximate surface area is 352 Å². The van der Waals surface area contributed by atoms with Crippen LogP contribution in [0.25, 0.3) is 0 Å². The van der Waals surface area contributed by atoms with Crippen LogP contribution in [0.2, 0.25) is 0 Å². The molecule has 0 saturated heterocycles. The summed E-state index contributed by atoms with van der Waals surface area (Å²) in [4.78, 5) is 0. The van der Waals surface area contributed by atoms with Crippen LogP contribution in [-0.4, -0.2) is 22.4 Å². The van der Waals surface area contributed by atoms with Crippen LogP contribution in [0, 0.1) is 64.1 Å². The molecule has 6 rings (SSSR count). The Balaban J connectivity index is 0.000000218. The lowest BCUT2D eigenvalue weighted by molar-refractivity contribution is 0.0928. The standard InChI is InChI=1S/C28H44O.C27H44O/c1-19(2)20(3)9-10-22(5)26-15-16-27-23(8-7-17-28(26,27)6)12-13-24-18-25(29)14-11-21(24)4;1-19(2)8-6-9-21(4)25-15-16-26-22(10-7-17-27(25,26)5)12-13-23-18-24(28)14-11-20(23)3/h9-10,12-13,19-20,22,25-27,29H,4,7-8,11,14-18H2,1-3,5-6H3;12-13,19,21,24-26,28H,3,6-11,14-18H2,1-2,4-5H3/b10-9+,23-12+,24-13-;22-12+,23-13-/t20?,22-,25+,26?,27?,28?;21-,24+,25?,26?,27?/m11/s1. The van der Waals surface area contributed by atoms with E-state index >= 15 is 0 Å². The first-order valence-electron chi connectivity index (χ1n) is 24.2. The van der Waals surface area contributed by atoms with E-state index in [4.69, 9.17) is 0 Å². The molecule has 0 radical (unpaired) electrons. The van der Waals surface area contributed by atoms with E-state index in [0.717, 1.165) is 80.0 Å². The van der Waals surface area contributed by atoms with E-state index in [1.165, 1.54) is 106 Å². The Morgan fingerprint density at radius 2 is 1.11 bits per heavy atom. The van der Waals surface area contributed by atoms with Crippen molar-refractivity contribution in [3.63, 3.8) is 0 Å². The van der Waals surface area contributed by atoms with Crippen molar-refractivity contribution in [2.75, 3.05) is 0 Å². The molecule has 0 aromatic heterocycles. The molecule has 6 aliphatic rings. The number of aliphatic hydroxyl groups is 2. The fourth-order valence-corrected chi connectivity index (χ4v) is 12.9. The molecule has 0 aliphatic heterocycles. The summed E-state index contributed by atoms with van der Waals surface area (Å²) in [5, 5.41) is 20.1. The van der Waals surface area contributed by atoms with Gasteiger partial charge in [0.25, 0.3) is 0 Å². The van der Waals surface area contributed by atoms with E-state index in [-0.39, 0.29) is 12.2 Å². The molecule has 57 heavy (non-hydrogen) atoms. The van der Waals surface area contributed by atoms with E-state index in [1.807, 2.05) is 0 Å². The van der Waals surface area contributed by atoms with Crippen LogP contribution in [0.15, 0.2) is 83.1 Å². The topological polar surface area (TPSA) is 40.5 Å². The molecular weight excluding hydrogens is 693 g/mol. The predicted molar refractivity (Wildman–Crippen MR) is 247 cm³/mol. The summed E-state index contributed by atoms with van der Waals surface area (Å²) in [5.41, 5.74) is 9.32. The molecule has 6 fully saturated rings. The molecule has 2 heteroatoms. The highest BCUT2D eigenvalue weighted by Gasteiger charge is 2.51. The van der Waals surface area contributed by atoms with Gasteiger partial charge in [-0.2, -0.15) is 0 Å². The highest BCUT2D eigenvalue weighted by atomic mass is 16.3. The average molecular weight is 781 g/mol. The Hall–Kier alpha value is -1.90. The summed E-state index contributed by atoms with van der Waals surface area (Å²) in [5.74, 6) is 6.95. The predicted octanol–water partition coefficient (Wildman–Crippen LogP) is 15.3. The van der Waals surface area contributed by atoms with Gasteiger partial charge in [0.05, 0.1) is 12.2 Å². The molecule has 11 atom stereocenters. The van der Waals surface area contributed by atoms with E-state index < -0.39 is 0 Å². The Kier molecular flexibility index (Phi) is 16.7. The SMILES string of the molecule is C=C1CC[C@H](O)C/C1=C/C=C1\CCCC2(C)C1CCC2[C@H](C)/C=C/C(C)C(C)C.C=C1CC[C@H](O)C/C1=C/C=C1\CCCC2(C)C1CCC2[C@H](C)CCCC(C)C. The van der Waals surface area contributed by atoms with Gasteiger partial charge in [0.15, 0.2) is 0 Å². The Bertz CT molecular complexity index is 1510. The van der Waals surface area contributed by atoms with Crippen molar-refractivity contribution in [2.45, 2.75) is 197 Å². The highest BCUT2D eigenvalue weighted by Crippen LogP contribution is 2.61. The third-order valence-electron chi connectivity index (χ3n) is 17.0. The number of hydrogen-bond acceptors (Lipinski definition) is 2. The van der Waals surface area contributed by atoms with Crippen LogP contribution < -0.4 is 0 Å². The molecule has 0 amide bonds. The molecule has 6 aliphatic carbocycles. The van der Waals surface area contributed by atoms with E-state index in [9.17, 15) is 10.2 Å². The summed E-state index contributed by atoms with van der Waals surface area (Å²) in [6.07, 6.45) is 37.0. The van der Waals surface area contributed by atoms with Gasteiger partial charge >= 0.3 is 0 Å². The Morgan fingerprint density at radius 3 is 1.60 bits per heavy atom. The van der Waals surface area contributed by atoms with Gasteiger partial charge in [0.1, 0.15) is 0 Å². The second kappa shape index (κ2) is 20.6. The zero-order valence-corrected chi connectivity index (χ0v) is 38.6. The second-order valence-electron chi connectivity index (χ2n) is 21.7. The van der Waals surface area contributed by atoms with E-state index in [0.29, 0.717) is 22.7 Å². The van der Waals surface area contributed by atoms with Crippen molar-refractivity contribution in [2.24, 2.45) is 64.1 Å². The van der Waals surface area contributed by atoms with Gasteiger partial charge in [-0.1, -0.05) is 153 Å². The molecule has 0 heterocycles. The number of hydrogen-bond donors (Lipinski definition) is 2. The summed E-state index contributed by atoms with van der Waals surface area (Å²) >= 11 is 0. The monoisotopic (exact) mass is 781 g/mol. The first-order chi connectivity index (χ1) is 27.0. The molecule has 2 N–H and O–H groups in total. The minimum Gasteiger partial charge on any atom is -0.393 e. The van der Waals surface area contributed by atoms with Crippen molar-refractivity contribution in [1.29, 1.82) is 0 Å². The maximum atomic E-state index is 10.0. The van der Waals surface area contributed by atoms with Crippen LogP contribution in [0.1, 0.15) is 184 Å². The number of rotatable bonds is 11. The van der Waals surface area contributed by atoms with E-state index in [2.05, 4.69) is 112 Å². The van der Waals surface area contributed by atoms with Crippen LogP contribution in [0.4, 0.5) is 0 Å². The first-order valence-corrected chi connectivity index (χ1v) is 24.2. The molecule has 7 unspecified atom stereocenters. The highest BCUT2D eigenvalue weighted by molar-refractivity contribution is 5.37. The normalized spacial score (nSPS) is 37.9. The maximum Gasteiger partial charge on any atom is 0.0583 e. The molecular formula is C55H88O2. The number of allylic oxidation sites excluding steroid dienone is 10. The third-order valence-corrected chi connectivity index (χ3v) is 17.0. The zero-order valence-electron chi connectivity index (χ0n) is 38.6. The zero-order chi connectivity index (χ0) is 41.5. The van der Waals surface area contributed by atoms with Crippen LogP contribution in [0.3, 0.4) is 0 Å². The van der Waals surface area contributed by atoms with E-state index in [1.54, 1.807) is 11.1 Å². The van der Waals surface area contributed by atoms with Gasteiger partial charge in [-0.15, -0.1) is 0 Å². The van der Waals surface area contributed by atoms with Crippen molar-refractivity contribution < 1.29 is 10.2 Å².